The molecule has 0 unspecified atom stereocenters. The average molecular weight is 292 g/mol. The molecule has 0 fully saturated rings. The van der Waals surface area contributed by atoms with E-state index in [0.29, 0.717) is 6.42 Å². The second kappa shape index (κ2) is 8.97. The fourth-order valence-electron chi connectivity index (χ4n) is 2.06. The number of unbranched alkanes of at least 4 members (excludes halogenated alkanes) is 8. The summed E-state index contributed by atoms with van der Waals surface area (Å²) in [5.41, 5.74) is 0. The Kier molecular flexibility index (Phi) is 7.62. The monoisotopic (exact) mass is 292 g/mol. The highest BCUT2D eigenvalue weighted by Gasteiger charge is 2.38. The Morgan fingerprint density at radius 3 is 1.95 bits per heavy atom. The van der Waals surface area contributed by atoms with E-state index in [9.17, 15) is 13.2 Å². The minimum absolute atomic E-state index is 0.153. The maximum atomic E-state index is 12.2. The zero-order chi connectivity index (χ0) is 14.8. The highest BCUT2D eigenvalue weighted by molar-refractivity contribution is 4.89. The number of alkyl halides is 3. The Balaban J connectivity index is 2.03. The molecule has 0 N–H and O–H groups in total. The van der Waals surface area contributed by atoms with Gasteiger partial charge in [0.2, 0.25) is 0 Å². The smallest absolute Gasteiger partial charge is 0.329 e. The normalized spacial score (nSPS) is 12.0. The van der Waals surface area contributed by atoms with Gasteiger partial charge < -0.3 is 4.52 Å². The van der Waals surface area contributed by atoms with Gasteiger partial charge in [-0.15, -0.1) is 0 Å². The van der Waals surface area contributed by atoms with Crippen LogP contribution in [0, 0.1) is 0 Å². The zero-order valence-electron chi connectivity index (χ0n) is 12.0. The van der Waals surface area contributed by atoms with Crippen molar-refractivity contribution in [2.24, 2.45) is 0 Å². The molecule has 0 aromatic carbocycles. The Labute approximate surface area is 117 Å². The predicted molar refractivity (Wildman–Crippen MR) is 70.2 cm³/mol. The van der Waals surface area contributed by atoms with Crippen LogP contribution in [0.4, 0.5) is 13.2 Å². The molecule has 0 atom stereocenters. The first kappa shape index (κ1) is 17.0. The minimum atomic E-state index is -4.54. The molecule has 0 radical (unpaired) electrons. The third kappa shape index (κ3) is 6.91. The van der Waals surface area contributed by atoms with Crippen molar-refractivity contribution in [3.63, 3.8) is 0 Å². The molecule has 0 aliphatic heterocycles. The standard InChI is InChI=1S/C14H23F3N2O/c1-2-3-4-5-6-7-8-9-10-11-12-18-13(20-19-12)14(15,16)17/h2-11H2,1H3. The summed E-state index contributed by atoms with van der Waals surface area (Å²) in [7, 11) is 0. The number of halogens is 3. The van der Waals surface area contributed by atoms with Crippen LogP contribution in [0.25, 0.3) is 0 Å². The van der Waals surface area contributed by atoms with E-state index in [1.165, 1.54) is 38.5 Å². The van der Waals surface area contributed by atoms with E-state index in [1.54, 1.807) is 0 Å². The molecule has 1 aromatic rings. The molecule has 0 aliphatic rings. The van der Waals surface area contributed by atoms with Gasteiger partial charge >= 0.3 is 12.1 Å². The molecular weight excluding hydrogens is 269 g/mol. The van der Waals surface area contributed by atoms with E-state index >= 15 is 0 Å². The molecule has 1 aromatic heterocycles. The van der Waals surface area contributed by atoms with Crippen molar-refractivity contribution in [3.8, 4) is 0 Å². The molecule has 1 heterocycles. The van der Waals surface area contributed by atoms with Crippen molar-refractivity contribution in [2.45, 2.75) is 77.3 Å². The molecule has 0 saturated carbocycles. The molecule has 116 valence electrons. The maximum absolute atomic E-state index is 12.2. The summed E-state index contributed by atoms with van der Waals surface area (Å²) in [5.74, 6) is -1.09. The lowest BCUT2D eigenvalue weighted by molar-refractivity contribution is -0.159. The summed E-state index contributed by atoms with van der Waals surface area (Å²) in [6.45, 7) is 2.20. The van der Waals surface area contributed by atoms with Crippen LogP contribution in [-0.2, 0) is 12.6 Å². The Hall–Kier alpha value is -1.07. The van der Waals surface area contributed by atoms with Crippen molar-refractivity contribution in [1.29, 1.82) is 0 Å². The molecule has 0 saturated heterocycles. The summed E-state index contributed by atoms with van der Waals surface area (Å²) in [4.78, 5) is 3.35. The Bertz CT molecular complexity index is 364. The topological polar surface area (TPSA) is 38.9 Å². The quantitative estimate of drug-likeness (QED) is 0.559. The summed E-state index contributed by atoms with van der Waals surface area (Å²) in [5, 5.41) is 3.34. The van der Waals surface area contributed by atoms with Gasteiger partial charge in [0.05, 0.1) is 0 Å². The van der Waals surface area contributed by atoms with Crippen LogP contribution < -0.4 is 0 Å². The number of aromatic nitrogens is 2. The van der Waals surface area contributed by atoms with Gasteiger partial charge in [0.1, 0.15) is 0 Å². The second-order valence-electron chi connectivity index (χ2n) is 5.09. The van der Waals surface area contributed by atoms with Crippen LogP contribution in [0.2, 0.25) is 0 Å². The third-order valence-corrected chi connectivity index (χ3v) is 3.21. The Morgan fingerprint density at radius 2 is 1.45 bits per heavy atom. The highest BCUT2D eigenvalue weighted by atomic mass is 19.4. The molecule has 0 spiro atoms. The van der Waals surface area contributed by atoms with E-state index in [2.05, 4.69) is 21.6 Å². The SMILES string of the molecule is CCCCCCCCCCCc1noc(C(F)(F)F)n1. The lowest BCUT2D eigenvalue weighted by Crippen LogP contribution is -2.05. The summed E-state index contributed by atoms with van der Waals surface area (Å²) < 4.78 is 40.8. The van der Waals surface area contributed by atoms with Gasteiger partial charge in [0.25, 0.3) is 0 Å². The molecule has 0 aliphatic carbocycles. The van der Waals surface area contributed by atoms with Gasteiger partial charge in [-0.25, -0.2) is 0 Å². The molecule has 3 nitrogen and oxygen atoms in total. The average Bonchev–Trinajstić information content (AvgIpc) is 2.85. The molecule has 0 bridgehead atoms. The van der Waals surface area contributed by atoms with Gasteiger partial charge in [-0.05, 0) is 6.42 Å². The number of rotatable bonds is 10. The van der Waals surface area contributed by atoms with E-state index in [-0.39, 0.29) is 5.82 Å². The lowest BCUT2D eigenvalue weighted by atomic mass is 10.1. The van der Waals surface area contributed by atoms with Crippen LogP contribution in [0.1, 0.15) is 76.4 Å². The fourth-order valence-corrected chi connectivity index (χ4v) is 2.06. The summed E-state index contributed by atoms with van der Waals surface area (Å²) in [6, 6.07) is 0. The van der Waals surface area contributed by atoms with Crippen molar-refractivity contribution >= 4 is 0 Å². The molecule has 20 heavy (non-hydrogen) atoms. The van der Waals surface area contributed by atoms with E-state index < -0.39 is 12.1 Å². The summed E-state index contributed by atoms with van der Waals surface area (Å²) >= 11 is 0. The van der Waals surface area contributed by atoms with Crippen LogP contribution in [0.15, 0.2) is 4.52 Å². The van der Waals surface area contributed by atoms with E-state index in [1.807, 2.05) is 0 Å². The first-order valence-corrected chi connectivity index (χ1v) is 7.44. The first-order valence-electron chi connectivity index (χ1n) is 7.44. The van der Waals surface area contributed by atoms with Crippen LogP contribution >= 0.6 is 0 Å². The highest BCUT2D eigenvalue weighted by Crippen LogP contribution is 2.27. The molecule has 1 rings (SSSR count). The van der Waals surface area contributed by atoms with Gasteiger partial charge in [0.15, 0.2) is 5.82 Å². The van der Waals surface area contributed by atoms with Gasteiger partial charge in [0, 0.05) is 6.42 Å². The van der Waals surface area contributed by atoms with Gasteiger partial charge in [-0.3, -0.25) is 0 Å². The number of aryl methyl sites for hydroxylation is 1. The number of hydrogen-bond donors (Lipinski definition) is 0. The molecular formula is C14H23F3N2O. The van der Waals surface area contributed by atoms with Crippen LogP contribution in [0.3, 0.4) is 0 Å². The maximum Gasteiger partial charge on any atom is 0.471 e. The molecule has 6 heteroatoms. The van der Waals surface area contributed by atoms with Crippen molar-refractivity contribution < 1.29 is 17.7 Å². The third-order valence-electron chi connectivity index (χ3n) is 3.21. The van der Waals surface area contributed by atoms with Gasteiger partial charge in [-0.2, -0.15) is 18.2 Å². The predicted octanol–water partition coefficient (Wildman–Crippen LogP) is 5.16. The van der Waals surface area contributed by atoms with E-state index in [0.717, 1.165) is 19.3 Å². The van der Waals surface area contributed by atoms with Crippen molar-refractivity contribution in [2.75, 3.05) is 0 Å². The van der Waals surface area contributed by atoms with Crippen LogP contribution in [-0.4, -0.2) is 10.1 Å². The van der Waals surface area contributed by atoms with Crippen molar-refractivity contribution in [1.82, 2.24) is 10.1 Å². The number of hydrogen-bond acceptors (Lipinski definition) is 3. The Morgan fingerprint density at radius 1 is 0.900 bits per heavy atom. The van der Waals surface area contributed by atoms with Gasteiger partial charge in [-0.1, -0.05) is 63.4 Å². The fraction of sp³-hybridized carbons (Fsp3) is 0.857. The minimum Gasteiger partial charge on any atom is -0.329 e. The summed E-state index contributed by atoms with van der Waals surface area (Å²) in [6.07, 6.45) is 6.45. The second-order valence-corrected chi connectivity index (χ2v) is 5.09. The molecule has 0 amide bonds. The zero-order valence-corrected chi connectivity index (χ0v) is 12.0. The largest absolute Gasteiger partial charge is 0.471 e. The van der Waals surface area contributed by atoms with Crippen LogP contribution in [0.5, 0.6) is 0 Å². The first-order chi connectivity index (χ1) is 9.54. The van der Waals surface area contributed by atoms with E-state index in [4.69, 9.17) is 0 Å². The number of nitrogens with zero attached hydrogens (tertiary/aromatic N) is 2. The lowest BCUT2D eigenvalue weighted by Gasteiger charge is -2.00. The van der Waals surface area contributed by atoms with Crippen molar-refractivity contribution in [3.05, 3.63) is 11.7 Å².